The number of rotatable bonds is 5. The second-order valence-electron chi connectivity index (χ2n) is 5.85. The molecule has 9 heteroatoms. The van der Waals surface area contributed by atoms with Gasteiger partial charge in [-0.05, 0) is 30.3 Å². The highest BCUT2D eigenvalue weighted by molar-refractivity contribution is 9.10. The summed E-state index contributed by atoms with van der Waals surface area (Å²) in [6.45, 7) is 0. The zero-order valence-corrected chi connectivity index (χ0v) is 16.8. The molecule has 0 saturated heterocycles. The van der Waals surface area contributed by atoms with E-state index in [1.807, 2.05) is 48.5 Å². The van der Waals surface area contributed by atoms with E-state index in [4.69, 9.17) is 0 Å². The van der Waals surface area contributed by atoms with E-state index < -0.39 is 0 Å². The van der Waals surface area contributed by atoms with Gasteiger partial charge in [-0.2, -0.15) is 5.10 Å². The zero-order valence-electron chi connectivity index (χ0n) is 14.4. The Hall–Kier alpha value is -2.91. The molecule has 0 aliphatic rings. The fraction of sp³-hybridized carbons (Fsp3) is 0.0526. The number of amides is 1. The molecule has 2 N–H and O–H groups in total. The maximum atomic E-state index is 12.3. The number of fused-ring (bicyclic) bond motifs is 1. The number of hydrogen-bond acceptors (Lipinski definition) is 5. The van der Waals surface area contributed by atoms with E-state index in [0.29, 0.717) is 21.9 Å². The van der Waals surface area contributed by atoms with Crippen LogP contribution in [0.15, 0.2) is 75.2 Å². The molecule has 4 rings (SSSR count). The lowest BCUT2D eigenvalue weighted by atomic mass is 10.3. The number of halogens is 1. The van der Waals surface area contributed by atoms with Crippen molar-refractivity contribution in [2.45, 2.75) is 5.16 Å². The molecule has 28 heavy (non-hydrogen) atoms. The fourth-order valence-corrected chi connectivity index (χ4v) is 3.68. The monoisotopic (exact) mass is 455 g/mol. The van der Waals surface area contributed by atoms with Crippen LogP contribution in [0.3, 0.4) is 0 Å². The molecule has 0 spiro atoms. The first-order valence-corrected chi connectivity index (χ1v) is 10.1. The number of anilines is 1. The lowest BCUT2D eigenvalue weighted by molar-refractivity contribution is -0.113. The van der Waals surface area contributed by atoms with E-state index in [1.54, 1.807) is 10.7 Å². The van der Waals surface area contributed by atoms with E-state index in [9.17, 15) is 9.59 Å². The van der Waals surface area contributed by atoms with Crippen molar-refractivity contribution >= 4 is 50.3 Å². The topological polar surface area (TPSA) is 92.7 Å². The Labute approximate surface area is 172 Å². The van der Waals surface area contributed by atoms with Crippen LogP contribution in [0.25, 0.3) is 16.7 Å². The van der Waals surface area contributed by atoms with Crippen molar-refractivity contribution in [3.63, 3.8) is 0 Å². The number of para-hydroxylation sites is 1. The highest BCUT2D eigenvalue weighted by atomic mass is 79.9. The Balaban J connectivity index is 1.54. The second-order valence-corrected chi connectivity index (χ2v) is 7.73. The minimum atomic E-state index is -0.290. The molecule has 0 bridgehead atoms. The number of aromatic nitrogens is 4. The van der Waals surface area contributed by atoms with Crippen LogP contribution >= 0.6 is 27.7 Å². The number of H-pyrrole nitrogens is 1. The molecule has 1 amide bonds. The lowest BCUT2D eigenvalue weighted by Crippen LogP contribution is -2.15. The van der Waals surface area contributed by atoms with Crippen LogP contribution in [0.2, 0.25) is 0 Å². The summed E-state index contributed by atoms with van der Waals surface area (Å²) in [7, 11) is 0. The lowest BCUT2D eigenvalue weighted by Gasteiger charge is -2.06. The summed E-state index contributed by atoms with van der Waals surface area (Å²) in [6, 6.07) is 16.8. The van der Waals surface area contributed by atoms with Crippen LogP contribution in [-0.4, -0.2) is 31.4 Å². The summed E-state index contributed by atoms with van der Waals surface area (Å²) >= 11 is 4.52. The van der Waals surface area contributed by atoms with E-state index in [1.165, 1.54) is 6.20 Å². The largest absolute Gasteiger partial charge is 0.325 e. The fourth-order valence-electron chi connectivity index (χ4n) is 2.62. The van der Waals surface area contributed by atoms with E-state index in [-0.39, 0.29) is 17.2 Å². The van der Waals surface area contributed by atoms with Gasteiger partial charge in [0.2, 0.25) is 5.91 Å². The van der Waals surface area contributed by atoms with Gasteiger partial charge in [0.05, 0.1) is 17.6 Å². The predicted molar refractivity (Wildman–Crippen MR) is 113 cm³/mol. The molecule has 4 aromatic rings. The zero-order chi connectivity index (χ0) is 19.5. The molecule has 0 saturated carbocycles. The summed E-state index contributed by atoms with van der Waals surface area (Å²) in [5.74, 6) is -0.0807. The Bertz CT molecular complexity index is 1210. The molecule has 140 valence electrons. The highest BCUT2D eigenvalue weighted by Crippen LogP contribution is 2.19. The van der Waals surface area contributed by atoms with Crippen molar-refractivity contribution in [3.8, 4) is 5.69 Å². The Kier molecular flexibility index (Phi) is 5.27. The molecule has 2 aromatic carbocycles. The number of nitrogens with one attached hydrogen (secondary N) is 2. The Morgan fingerprint density at radius 1 is 1.18 bits per heavy atom. The standard InChI is InChI=1S/C19H14BrN5O2S/c20-12-5-4-6-13(9-12)22-16(26)11-28-19-23-17-15(18(27)24-19)10-21-25(17)14-7-2-1-3-8-14/h1-10H,11H2,(H,22,26)(H,23,24,27). The van der Waals surface area contributed by atoms with Crippen molar-refractivity contribution in [3.05, 3.63) is 75.6 Å². The van der Waals surface area contributed by atoms with Crippen molar-refractivity contribution in [2.75, 3.05) is 11.1 Å². The second kappa shape index (κ2) is 7.99. The first-order valence-electron chi connectivity index (χ1n) is 8.32. The first kappa shape index (κ1) is 18.5. The third-order valence-corrected chi connectivity index (χ3v) is 5.23. The summed E-state index contributed by atoms with van der Waals surface area (Å²) < 4.78 is 2.49. The van der Waals surface area contributed by atoms with E-state index in [2.05, 4.69) is 36.3 Å². The van der Waals surface area contributed by atoms with Gasteiger partial charge in [-0.3, -0.25) is 9.59 Å². The predicted octanol–water partition coefficient (Wildman–Crippen LogP) is 3.60. The maximum Gasteiger partial charge on any atom is 0.262 e. The van der Waals surface area contributed by atoms with Gasteiger partial charge in [0.25, 0.3) is 5.56 Å². The average Bonchev–Trinajstić information content (AvgIpc) is 3.12. The van der Waals surface area contributed by atoms with Crippen LogP contribution in [0.5, 0.6) is 0 Å². The molecule has 0 aliphatic carbocycles. The molecular weight excluding hydrogens is 442 g/mol. The van der Waals surface area contributed by atoms with E-state index in [0.717, 1.165) is 21.9 Å². The molecule has 2 heterocycles. The van der Waals surface area contributed by atoms with Crippen molar-refractivity contribution in [1.29, 1.82) is 0 Å². The van der Waals surface area contributed by atoms with Crippen LogP contribution in [0.4, 0.5) is 5.69 Å². The van der Waals surface area contributed by atoms with Gasteiger partial charge in [-0.1, -0.05) is 52.0 Å². The number of carbonyl (C=O) groups excluding carboxylic acids is 1. The molecule has 0 aliphatic heterocycles. The van der Waals surface area contributed by atoms with Crippen LogP contribution in [0, 0.1) is 0 Å². The summed E-state index contributed by atoms with van der Waals surface area (Å²) in [6.07, 6.45) is 1.49. The minimum absolute atomic E-state index is 0.112. The molecule has 0 unspecified atom stereocenters. The molecule has 0 atom stereocenters. The number of thioether (sulfide) groups is 1. The average molecular weight is 456 g/mol. The van der Waals surface area contributed by atoms with Crippen LogP contribution in [-0.2, 0) is 4.79 Å². The number of aromatic amines is 1. The third-order valence-electron chi connectivity index (χ3n) is 3.87. The van der Waals surface area contributed by atoms with Gasteiger partial charge in [0.15, 0.2) is 10.8 Å². The normalized spacial score (nSPS) is 10.9. The van der Waals surface area contributed by atoms with Gasteiger partial charge in [0.1, 0.15) is 5.39 Å². The van der Waals surface area contributed by atoms with Crippen molar-refractivity contribution in [1.82, 2.24) is 19.7 Å². The van der Waals surface area contributed by atoms with Crippen molar-refractivity contribution < 1.29 is 4.79 Å². The van der Waals surface area contributed by atoms with Crippen LogP contribution in [0.1, 0.15) is 0 Å². The van der Waals surface area contributed by atoms with Gasteiger partial charge in [-0.15, -0.1) is 0 Å². The SMILES string of the molecule is O=C(CSc1nc2c(cnn2-c2ccccc2)c(=O)[nH]1)Nc1cccc(Br)c1. The maximum absolute atomic E-state index is 12.3. The Morgan fingerprint density at radius 3 is 2.79 bits per heavy atom. The number of nitrogens with zero attached hydrogens (tertiary/aromatic N) is 3. The third kappa shape index (κ3) is 4.00. The quantitative estimate of drug-likeness (QED) is 0.354. The number of hydrogen-bond donors (Lipinski definition) is 2. The summed E-state index contributed by atoms with van der Waals surface area (Å²) in [5.41, 5.74) is 1.66. The summed E-state index contributed by atoms with van der Waals surface area (Å²) in [4.78, 5) is 31.7. The van der Waals surface area contributed by atoms with Gasteiger partial charge >= 0.3 is 0 Å². The van der Waals surface area contributed by atoms with E-state index >= 15 is 0 Å². The highest BCUT2D eigenvalue weighted by Gasteiger charge is 2.13. The molecule has 0 radical (unpaired) electrons. The Morgan fingerprint density at radius 2 is 2.00 bits per heavy atom. The van der Waals surface area contributed by atoms with Gasteiger partial charge in [0, 0.05) is 10.2 Å². The van der Waals surface area contributed by atoms with Crippen molar-refractivity contribution in [2.24, 2.45) is 0 Å². The summed E-state index contributed by atoms with van der Waals surface area (Å²) in [5, 5.41) is 7.83. The molecule has 7 nitrogen and oxygen atoms in total. The molecule has 2 aromatic heterocycles. The minimum Gasteiger partial charge on any atom is -0.325 e. The number of carbonyl (C=O) groups is 1. The first-order chi connectivity index (χ1) is 13.6. The molecule has 0 fully saturated rings. The van der Waals surface area contributed by atoms with Gasteiger partial charge < -0.3 is 10.3 Å². The van der Waals surface area contributed by atoms with Crippen LogP contribution < -0.4 is 10.9 Å². The smallest absolute Gasteiger partial charge is 0.262 e. The van der Waals surface area contributed by atoms with Gasteiger partial charge in [-0.25, -0.2) is 9.67 Å². The molecular formula is C19H14BrN5O2S. The number of benzene rings is 2.